The summed E-state index contributed by atoms with van der Waals surface area (Å²) in [6.07, 6.45) is 2.61. The normalized spacial score (nSPS) is 36.7. The molecule has 9 heteroatoms. The molecule has 232 valence electrons. The number of hydrogen-bond acceptors (Lipinski definition) is 4. The van der Waals surface area contributed by atoms with Gasteiger partial charge in [0.2, 0.25) is 0 Å². The minimum Gasteiger partial charge on any atom is -0.508 e. The molecule has 7 atom stereocenters. The molecule has 3 aliphatic carbocycles. The Hall–Kier alpha value is -2.88. The maximum atomic E-state index is 14.3. The van der Waals surface area contributed by atoms with Crippen LogP contribution < -0.4 is 5.32 Å². The van der Waals surface area contributed by atoms with Crippen molar-refractivity contribution < 1.29 is 37.0 Å². The Bertz CT molecular complexity index is 1390. The second-order valence-electron chi connectivity index (χ2n) is 13.4. The van der Waals surface area contributed by atoms with Gasteiger partial charge in [-0.15, -0.1) is 0 Å². The number of benzene rings is 1. The van der Waals surface area contributed by atoms with E-state index in [4.69, 9.17) is 9.47 Å². The first-order chi connectivity index (χ1) is 20.4. The number of nitrogens with one attached hydrogen (secondary N) is 1. The van der Waals surface area contributed by atoms with Crippen molar-refractivity contribution in [2.24, 2.45) is 17.3 Å². The molecule has 2 heterocycles. The van der Waals surface area contributed by atoms with E-state index in [1.54, 1.807) is 18.2 Å². The standard InChI is InChI=1S/C34H41F3N2O4/c1-5-15-39(20-21(2)3)16-14-32-24-12-9-13-28(32)43-30-29(32)23(18-26(24)39)27(40)19-33(30,42-4)38-31(41)25(34(35,36)37)17-22-10-7-6-8-11-22/h5-8,10-11,17,19,21,24,26,28,30H,1,9,12-16,18,20H2,2-4H3,(H-,38,40,41)/p+1/t24-,26+,28-,30?,32+,33?,39?/m0/s1. The van der Waals surface area contributed by atoms with Gasteiger partial charge in [-0.3, -0.25) is 4.79 Å². The topological polar surface area (TPSA) is 67.8 Å². The predicted octanol–water partition coefficient (Wildman–Crippen LogP) is 6.23. The van der Waals surface area contributed by atoms with Gasteiger partial charge >= 0.3 is 6.18 Å². The second kappa shape index (κ2) is 10.6. The number of carbonyl (C=O) groups is 1. The van der Waals surface area contributed by atoms with Crippen LogP contribution in [0.4, 0.5) is 13.2 Å². The summed E-state index contributed by atoms with van der Waals surface area (Å²) >= 11 is 0. The van der Waals surface area contributed by atoms with Crippen LogP contribution in [-0.4, -0.2) is 72.4 Å². The summed E-state index contributed by atoms with van der Waals surface area (Å²) in [4.78, 5) is 13.5. The number of rotatable bonds is 8. The monoisotopic (exact) mass is 599 g/mol. The number of carbonyl (C=O) groups excluding carboxylic acids is 1. The molecule has 3 unspecified atom stereocenters. The second-order valence-corrected chi connectivity index (χ2v) is 13.4. The fraction of sp³-hybridized carbons (Fsp3) is 0.559. The highest BCUT2D eigenvalue weighted by Crippen LogP contribution is 2.68. The van der Waals surface area contributed by atoms with Gasteiger partial charge in [0, 0.05) is 48.9 Å². The van der Waals surface area contributed by atoms with E-state index >= 15 is 0 Å². The molecule has 2 N–H and O–H groups in total. The highest BCUT2D eigenvalue weighted by Gasteiger charge is 2.72. The van der Waals surface area contributed by atoms with Gasteiger partial charge in [-0.1, -0.05) is 57.2 Å². The number of alkyl halides is 3. The van der Waals surface area contributed by atoms with Crippen molar-refractivity contribution in [2.45, 2.75) is 76.1 Å². The van der Waals surface area contributed by atoms with E-state index in [-0.39, 0.29) is 28.9 Å². The number of aliphatic hydroxyl groups is 1. The number of allylic oxidation sites excluding steroid dienone is 1. The molecule has 6 nitrogen and oxygen atoms in total. The van der Waals surface area contributed by atoms with Gasteiger partial charge in [0.25, 0.3) is 5.91 Å². The van der Waals surface area contributed by atoms with Crippen LogP contribution in [0.1, 0.15) is 51.5 Å². The third kappa shape index (κ3) is 4.61. The zero-order chi connectivity index (χ0) is 30.8. The number of aliphatic hydroxyl groups excluding tert-OH is 1. The van der Waals surface area contributed by atoms with Crippen LogP contribution >= 0.6 is 0 Å². The fourth-order valence-corrected chi connectivity index (χ4v) is 9.37. The number of quaternary nitrogens is 1. The highest BCUT2D eigenvalue weighted by atomic mass is 19.4. The smallest absolute Gasteiger partial charge is 0.421 e. The molecule has 1 aromatic rings. The number of ether oxygens (including phenoxy) is 2. The summed E-state index contributed by atoms with van der Waals surface area (Å²) in [7, 11) is 1.34. The van der Waals surface area contributed by atoms with Crippen molar-refractivity contribution in [3.63, 3.8) is 0 Å². The summed E-state index contributed by atoms with van der Waals surface area (Å²) in [6.45, 7) is 11.4. The Morgan fingerprint density at radius 1 is 1.28 bits per heavy atom. The Balaban J connectivity index is 1.43. The largest absolute Gasteiger partial charge is 0.508 e. The van der Waals surface area contributed by atoms with Crippen LogP contribution in [0.5, 0.6) is 0 Å². The Morgan fingerprint density at radius 3 is 2.67 bits per heavy atom. The molecule has 2 saturated heterocycles. The molecule has 3 fully saturated rings. The lowest BCUT2D eigenvalue weighted by atomic mass is 9.49. The lowest BCUT2D eigenvalue weighted by molar-refractivity contribution is -0.960. The van der Waals surface area contributed by atoms with E-state index in [1.165, 1.54) is 25.3 Å². The number of hydrogen-bond donors (Lipinski definition) is 2. The molecule has 43 heavy (non-hydrogen) atoms. The number of likely N-dealkylation sites (tertiary alicyclic amines) is 1. The molecule has 0 radical (unpaired) electrons. The number of halogens is 3. The average molecular weight is 600 g/mol. The highest BCUT2D eigenvalue weighted by molar-refractivity contribution is 5.99. The molecule has 2 aliphatic heterocycles. The average Bonchev–Trinajstić information content (AvgIpc) is 3.29. The quantitative estimate of drug-likeness (QED) is 0.161. The van der Waals surface area contributed by atoms with E-state index < -0.39 is 29.5 Å². The van der Waals surface area contributed by atoms with Crippen molar-refractivity contribution in [3.05, 3.63) is 77.1 Å². The van der Waals surface area contributed by atoms with Gasteiger partial charge in [0.05, 0.1) is 31.8 Å². The summed E-state index contributed by atoms with van der Waals surface area (Å²) in [6, 6.07) is 8.19. The van der Waals surface area contributed by atoms with Gasteiger partial charge in [-0.05, 0) is 36.1 Å². The van der Waals surface area contributed by atoms with Gasteiger partial charge in [-0.25, -0.2) is 0 Å². The number of methoxy groups -OCH3 is 1. The first kappa shape index (κ1) is 30.2. The maximum absolute atomic E-state index is 14.3. The van der Waals surface area contributed by atoms with E-state index in [2.05, 4.69) is 25.7 Å². The number of nitrogens with zero attached hydrogens (tertiary/aromatic N) is 1. The zero-order valence-corrected chi connectivity index (χ0v) is 25.1. The van der Waals surface area contributed by atoms with Gasteiger partial charge in [0.1, 0.15) is 17.4 Å². The summed E-state index contributed by atoms with van der Waals surface area (Å²) in [5.74, 6) is -0.609. The summed E-state index contributed by atoms with van der Waals surface area (Å²) in [5, 5.41) is 14.2. The molecule has 1 amide bonds. The SMILES string of the molecule is C=CC[N+]1(CC(C)C)CC[C@@]23C4=C5C[C@@H]1[C@@H]2CCC[C@@H]3OC4C(NC(=O)C(=Cc1ccccc1)C(F)(F)F)(OC)C=C5O. The minimum atomic E-state index is -4.92. The first-order valence-electron chi connectivity index (χ1n) is 15.4. The third-order valence-corrected chi connectivity index (χ3v) is 10.7. The van der Waals surface area contributed by atoms with Gasteiger partial charge in [-0.2, -0.15) is 13.2 Å². The van der Waals surface area contributed by atoms with Crippen LogP contribution in [0.25, 0.3) is 6.08 Å². The third-order valence-electron chi connectivity index (χ3n) is 10.7. The van der Waals surface area contributed by atoms with Crippen LogP contribution in [-0.2, 0) is 14.3 Å². The molecule has 0 aromatic heterocycles. The van der Waals surface area contributed by atoms with E-state index in [9.17, 15) is 23.1 Å². The lowest BCUT2D eigenvalue weighted by Gasteiger charge is -2.63. The van der Waals surface area contributed by atoms with Crippen molar-refractivity contribution in [2.75, 3.05) is 26.7 Å². The number of piperidine rings is 1. The molecule has 2 bridgehead atoms. The molecule has 1 aromatic carbocycles. The molecule has 1 saturated carbocycles. The van der Waals surface area contributed by atoms with Crippen LogP contribution in [0.15, 0.2) is 71.5 Å². The molecule has 5 aliphatic rings. The maximum Gasteiger partial charge on any atom is 0.421 e. The van der Waals surface area contributed by atoms with Gasteiger partial charge in [0.15, 0.2) is 5.72 Å². The van der Waals surface area contributed by atoms with Crippen LogP contribution in [0.3, 0.4) is 0 Å². The first-order valence-corrected chi connectivity index (χ1v) is 15.4. The van der Waals surface area contributed by atoms with Gasteiger partial charge < -0.3 is 24.4 Å². The molecule has 6 rings (SSSR count). The summed E-state index contributed by atoms with van der Waals surface area (Å²) in [5.41, 5.74) is -1.53. The predicted molar refractivity (Wildman–Crippen MR) is 157 cm³/mol. The van der Waals surface area contributed by atoms with Crippen molar-refractivity contribution in [3.8, 4) is 0 Å². The zero-order valence-electron chi connectivity index (χ0n) is 25.1. The van der Waals surface area contributed by atoms with E-state index in [0.717, 1.165) is 67.0 Å². The Kier molecular flexibility index (Phi) is 7.46. The van der Waals surface area contributed by atoms with Crippen LogP contribution in [0.2, 0.25) is 0 Å². The minimum absolute atomic E-state index is 0.0465. The Labute approximate surface area is 251 Å². The van der Waals surface area contributed by atoms with Crippen molar-refractivity contribution in [1.82, 2.24) is 5.32 Å². The van der Waals surface area contributed by atoms with Crippen molar-refractivity contribution in [1.29, 1.82) is 0 Å². The number of amides is 1. The molecular formula is C34H42F3N2O4+. The lowest BCUT2D eigenvalue weighted by Crippen LogP contribution is -2.71. The van der Waals surface area contributed by atoms with Crippen molar-refractivity contribution >= 4 is 12.0 Å². The van der Waals surface area contributed by atoms with E-state index in [1.807, 2.05) is 6.08 Å². The fourth-order valence-electron chi connectivity index (χ4n) is 9.37. The van der Waals surface area contributed by atoms with E-state index in [0.29, 0.717) is 18.3 Å². The molecular weight excluding hydrogens is 557 g/mol. The summed E-state index contributed by atoms with van der Waals surface area (Å²) < 4.78 is 56.4. The van der Waals surface area contributed by atoms with Crippen LogP contribution in [0, 0.1) is 17.3 Å². The molecule has 1 spiro atoms. The Morgan fingerprint density at radius 2 is 2.02 bits per heavy atom.